The first-order valence-corrected chi connectivity index (χ1v) is 5.19. The van der Waals surface area contributed by atoms with Crippen molar-refractivity contribution in [1.29, 1.82) is 5.26 Å². The molecule has 90 valence electrons. The quantitative estimate of drug-likeness (QED) is 0.739. The fraction of sp³-hybridized carbons (Fsp3) is 0.0714. The van der Waals surface area contributed by atoms with Crippen molar-refractivity contribution in [3.05, 3.63) is 59.7 Å². The predicted molar refractivity (Wildman–Crippen MR) is 61.6 cm³/mol. The van der Waals surface area contributed by atoms with Crippen LogP contribution >= 0.6 is 0 Å². The van der Waals surface area contributed by atoms with Gasteiger partial charge in [0.2, 0.25) is 0 Å². The third-order valence-corrected chi connectivity index (χ3v) is 2.55. The summed E-state index contributed by atoms with van der Waals surface area (Å²) in [6.07, 6.45) is -4.41. The Bertz CT molecular complexity index is 595. The molecule has 0 amide bonds. The zero-order valence-electron chi connectivity index (χ0n) is 9.20. The molecule has 0 fully saturated rings. The summed E-state index contributed by atoms with van der Waals surface area (Å²) in [7, 11) is 0. The van der Waals surface area contributed by atoms with Crippen molar-refractivity contribution < 1.29 is 13.2 Å². The molecule has 0 aliphatic rings. The molecule has 0 radical (unpaired) electrons. The standard InChI is InChI=1S/C14H8F3N/c15-14(16,17)12-7-6-11(9-18)13(8-12)10-4-2-1-3-5-10/h1-8H. The topological polar surface area (TPSA) is 23.8 Å². The molecule has 0 aliphatic carbocycles. The number of rotatable bonds is 1. The summed E-state index contributed by atoms with van der Waals surface area (Å²) in [5.41, 5.74) is 0.377. The van der Waals surface area contributed by atoms with Crippen LogP contribution in [0.2, 0.25) is 0 Å². The summed E-state index contributed by atoms with van der Waals surface area (Å²) in [5.74, 6) is 0. The van der Waals surface area contributed by atoms with Crippen LogP contribution in [0.25, 0.3) is 11.1 Å². The Morgan fingerprint density at radius 2 is 1.61 bits per heavy atom. The molecule has 0 saturated carbocycles. The highest BCUT2D eigenvalue weighted by molar-refractivity contribution is 5.71. The molecule has 0 aliphatic heterocycles. The van der Waals surface area contributed by atoms with Gasteiger partial charge in [0.05, 0.1) is 17.2 Å². The van der Waals surface area contributed by atoms with Gasteiger partial charge in [-0.25, -0.2) is 0 Å². The van der Waals surface area contributed by atoms with Gasteiger partial charge in [-0.2, -0.15) is 18.4 Å². The molecule has 0 bridgehead atoms. The maximum atomic E-state index is 12.6. The van der Waals surface area contributed by atoms with Crippen LogP contribution in [0, 0.1) is 11.3 Å². The van der Waals surface area contributed by atoms with Crippen LogP contribution < -0.4 is 0 Å². The van der Waals surface area contributed by atoms with Gasteiger partial charge < -0.3 is 0 Å². The molecule has 1 nitrogen and oxygen atoms in total. The average molecular weight is 247 g/mol. The van der Waals surface area contributed by atoms with Crippen molar-refractivity contribution in [3.8, 4) is 17.2 Å². The Labute approximate surface area is 102 Å². The van der Waals surface area contributed by atoms with Gasteiger partial charge in [-0.05, 0) is 23.8 Å². The van der Waals surface area contributed by atoms with Crippen molar-refractivity contribution >= 4 is 0 Å². The van der Waals surface area contributed by atoms with Crippen LogP contribution in [0.3, 0.4) is 0 Å². The van der Waals surface area contributed by atoms with Crippen LogP contribution in [-0.4, -0.2) is 0 Å². The number of nitrogens with zero attached hydrogens (tertiary/aromatic N) is 1. The molecule has 2 aromatic carbocycles. The first-order chi connectivity index (χ1) is 8.52. The summed E-state index contributed by atoms with van der Waals surface area (Å²) in [6.45, 7) is 0. The molecule has 0 spiro atoms. The highest BCUT2D eigenvalue weighted by atomic mass is 19.4. The average Bonchev–Trinajstić information content (AvgIpc) is 2.38. The number of nitriles is 1. The lowest BCUT2D eigenvalue weighted by atomic mass is 9.98. The molecule has 0 heterocycles. The fourth-order valence-electron chi connectivity index (χ4n) is 1.67. The molecular formula is C14H8F3N. The molecule has 4 heteroatoms. The number of hydrogen-bond acceptors (Lipinski definition) is 1. The Morgan fingerprint density at radius 1 is 0.944 bits per heavy atom. The van der Waals surface area contributed by atoms with Gasteiger partial charge in [0, 0.05) is 5.56 Å². The van der Waals surface area contributed by atoms with E-state index in [1.165, 1.54) is 6.07 Å². The summed E-state index contributed by atoms with van der Waals surface area (Å²) < 4.78 is 37.9. The summed E-state index contributed by atoms with van der Waals surface area (Å²) in [6, 6.07) is 13.6. The van der Waals surface area contributed by atoms with Gasteiger partial charge in [0.15, 0.2) is 0 Å². The molecule has 0 unspecified atom stereocenters. The number of benzene rings is 2. The molecule has 18 heavy (non-hydrogen) atoms. The van der Waals surface area contributed by atoms with E-state index in [9.17, 15) is 13.2 Å². The lowest BCUT2D eigenvalue weighted by molar-refractivity contribution is -0.137. The van der Waals surface area contributed by atoms with E-state index in [0.29, 0.717) is 11.1 Å². The van der Waals surface area contributed by atoms with E-state index >= 15 is 0 Å². The molecular weight excluding hydrogens is 239 g/mol. The van der Waals surface area contributed by atoms with Gasteiger partial charge >= 0.3 is 6.18 Å². The minimum atomic E-state index is -4.41. The largest absolute Gasteiger partial charge is 0.416 e. The van der Waals surface area contributed by atoms with Crippen molar-refractivity contribution in [1.82, 2.24) is 0 Å². The molecule has 2 aromatic rings. The lowest BCUT2D eigenvalue weighted by Crippen LogP contribution is -2.05. The lowest BCUT2D eigenvalue weighted by Gasteiger charge is -2.10. The first kappa shape index (κ1) is 12.2. The minimum Gasteiger partial charge on any atom is -0.192 e. The van der Waals surface area contributed by atoms with Crippen molar-refractivity contribution in [2.75, 3.05) is 0 Å². The third-order valence-electron chi connectivity index (χ3n) is 2.55. The predicted octanol–water partition coefficient (Wildman–Crippen LogP) is 4.24. The van der Waals surface area contributed by atoms with Crippen LogP contribution in [0.1, 0.15) is 11.1 Å². The number of halogens is 3. The maximum Gasteiger partial charge on any atom is 0.416 e. The third kappa shape index (κ3) is 2.35. The zero-order valence-corrected chi connectivity index (χ0v) is 9.20. The molecule has 0 saturated heterocycles. The van der Waals surface area contributed by atoms with Crippen molar-refractivity contribution in [3.63, 3.8) is 0 Å². The van der Waals surface area contributed by atoms with E-state index in [1.807, 2.05) is 6.07 Å². The maximum absolute atomic E-state index is 12.6. The molecule has 0 atom stereocenters. The fourth-order valence-corrected chi connectivity index (χ4v) is 1.67. The second-order valence-corrected chi connectivity index (χ2v) is 3.74. The highest BCUT2D eigenvalue weighted by Crippen LogP contribution is 2.33. The van der Waals surface area contributed by atoms with Crippen molar-refractivity contribution in [2.45, 2.75) is 6.18 Å². The van der Waals surface area contributed by atoms with Gasteiger partial charge in [-0.3, -0.25) is 0 Å². The highest BCUT2D eigenvalue weighted by Gasteiger charge is 2.31. The van der Waals surface area contributed by atoms with Gasteiger partial charge in [0.25, 0.3) is 0 Å². The zero-order chi connectivity index (χ0) is 13.2. The van der Waals surface area contributed by atoms with Crippen molar-refractivity contribution in [2.24, 2.45) is 0 Å². The normalized spacial score (nSPS) is 11.0. The van der Waals surface area contributed by atoms with E-state index < -0.39 is 11.7 Å². The minimum absolute atomic E-state index is 0.231. The summed E-state index contributed by atoms with van der Waals surface area (Å²) in [5, 5.41) is 8.94. The van der Waals surface area contributed by atoms with Crippen LogP contribution in [0.4, 0.5) is 13.2 Å². The summed E-state index contributed by atoms with van der Waals surface area (Å²) >= 11 is 0. The first-order valence-electron chi connectivity index (χ1n) is 5.19. The number of hydrogen-bond donors (Lipinski definition) is 0. The molecule has 2 rings (SSSR count). The second kappa shape index (κ2) is 4.53. The van der Waals surface area contributed by atoms with Gasteiger partial charge in [-0.1, -0.05) is 30.3 Å². The SMILES string of the molecule is N#Cc1ccc(C(F)(F)F)cc1-c1ccccc1. The Kier molecular flexibility index (Phi) is 3.07. The van der Waals surface area contributed by atoms with E-state index in [0.717, 1.165) is 12.1 Å². The van der Waals surface area contributed by atoms with E-state index in [-0.39, 0.29) is 5.56 Å². The van der Waals surface area contributed by atoms with E-state index in [2.05, 4.69) is 0 Å². The molecule has 0 aromatic heterocycles. The molecule has 0 N–H and O–H groups in total. The van der Waals surface area contributed by atoms with E-state index in [4.69, 9.17) is 5.26 Å². The monoisotopic (exact) mass is 247 g/mol. The second-order valence-electron chi connectivity index (χ2n) is 3.74. The van der Waals surface area contributed by atoms with E-state index in [1.54, 1.807) is 30.3 Å². The smallest absolute Gasteiger partial charge is 0.192 e. The Morgan fingerprint density at radius 3 is 2.17 bits per heavy atom. The summed E-state index contributed by atoms with van der Waals surface area (Å²) in [4.78, 5) is 0. The Hall–Kier alpha value is -2.28. The number of alkyl halides is 3. The van der Waals surface area contributed by atoms with Crippen LogP contribution in [0.15, 0.2) is 48.5 Å². The van der Waals surface area contributed by atoms with Gasteiger partial charge in [-0.15, -0.1) is 0 Å². The van der Waals surface area contributed by atoms with Gasteiger partial charge in [0.1, 0.15) is 0 Å². The van der Waals surface area contributed by atoms with Crippen LogP contribution in [-0.2, 0) is 6.18 Å². The Balaban J connectivity index is 2.62. The van der Waals surface area contributed by atoms with Crippen LogP contribution in [0.5, 0.6) is 0 Å².